The van der Waals surface area contributed by atoms with E-state index in [9.17, 15) is 4.79 Å². The summed E-state index contributed by atoms with van der Waals surface area (Å²) in [5.41, 5.74) is 6.18. The van der Waals surface area contributed by atoms with Crippen molar-refractivity contribution in [2.75, 3.05) is 11.9 Å². The van der Waals surface area contributed by atoms with Gasteiger partial charge in [-0.2, -0.15) is 0 Å². The molecular weight excluding hydrogens is 410 g/mol. The fourth-order valence-corrected chi connectivity index (χ4v) is 3.91. The number of carbonyl (C=O) groups is 1. The Morgan fingerprint density at radius 2 is 2.03 bits per heavy atom. The SMILES string of the molecule is O=C(Nc1cccc(-c2ccc3c(c2)CCO3)n1)c1ccc(OCc2cscn2)cc1. The highest BCUT2D eigenvalue weighted by molar-refractivity contribution is 7.07. The largest absolute Gasteiger partial charge is 0.493 e. The lowest BCUT2D eigenvalue weighted by atomic mass is 10.1. The van der Waals surface area contributed by atoms with Gasteiger partial charge in [-0.05, 0) is 60.2 Å². The molecule has 2 aromatic carbocycles. The molecule has 0 spiro atoms. The minimum atomic E-state index is -0.224. The third-order valence-corrected chi connectivity index (χ3v) is 5.60. The molecule has 31 heavy (non-hydrogen) atoms. The first-order valence-corrected chi connectivity index (χ1v) is 10.8. The van der Waals surface area contributed by atoms with E-state index in [0.29, 0.717) is 23.7 Å². The Bertz CT molecular complexity index is 1210. The molecule has 0 radical (unpaired) electrons. The van der Waals surface area contributed by atoms with Crippen LogP contribution in [-0.2, 0) is 13.0 Å². The summed E-state index contributed by atoms with van der Waals surface area (Å²) >= 11 is 1.53. The van der Waals surface area contributed by atoms with Crippen molar-refractivity contribution in [2.45, 2.75) is 13.0 Å². The molecule has 0 unspecified atom stereocenters. The molecule has 7 heteroatoms. The number of pyridine rings is 1. The number of carbonyl (C=O) groups excluding carboxylic acids is 1. The molecule has 0 aliphatic carbocycles. The topological polar surface area (TPSA) is 73.3 Å². The quantitative estimate of drug-likeness (QED) is 0.468. The molecule has 3 heterocycles. The summed E-state index contributed by atoms with van der Waals surface area (Å²) in [6.07, 6.45) is 0.906. The van der Waals surface area contributed by atoms with E-state index >= 15 is 0 Å². The van der Waals surface area contributed by atoms with Gasteiger partial charge in [0.15, 0.2) is 0 Å². The van der Waals surface area contributed by atoms with Gasteiger partial charge in [-0.3, -0.25) is 4.79 Å². The van der Waals surface area contributed by atoms with E-state index in [2.05, 4.69) is 21.4 Å². The van der Waals surface area contributed by atoms with E-state index in [4.69, 9.17) is 9.47 Å². The van der Waals surface area contributed by atoms with Gasteiger partial charge in [0.2, 0.25) is 0 Å². The summed E-state index contributed by atoms with van der Waals surface area (Å²) < 4.78 is 11.3. The third kappa shape index (κ3) is 4.41. The Balaban J connectivity index is 1.25. The molecule has 1 aliphatic rings. The predicted octanol–water partition coefficient (Wildman–Crippen LogP) is 4.97. The van der Waals surface area contributed by atoms with Gasteiger partial charge in [-0.25, -0.2) is 9.97 Å². The Kier molecular flexibility index (Phi) is 5.33. The molecule has 6 nitrogen and oxygen atoms in total. The molecular formula is C24H19N3O3S. The van der Waals surface area contributed by atoms with Crippen molar-refractivity contribution >= 4 is 23.1 Å². The smallest absolute Gasteiger partial charge is 0.256 e. The van der Waals surface area contributed by atoms with E-state index in [1.807, 2.05) is 29.6 Å². The maximum Gasteiger partial charge on any atom is 0.256 e. The first-order chi connectivity index (χ1) is 15.2. The van der Waals surface area contributed by atoms with Gasteiger partial charge in [0.1, 0.15) is 23.9 Å². The number of fused-ring (bicyclic) bond motifs is 1. The van der Waals surface area contributed by atoms with Gasteiger partial charge >= 0.3 is 0 Å². The summed E-state index contributed by atoms with van der Waals surface area (Å²) in [6.45, 7) is 1.12. The summed E-state index contributed by atoms with van der Waals surface area (Å²) in [6, 6.07) is 18.7. The number of hydrogen-bond donors (Lipinski definition) is 1. The molecule has 0 atom stereocenters. The van der Waals surface area contributed by atoms with E-state index in [-0.39, 0.29) is 5.91 Å². The number of nitrogens with one attached hydrogen (secondary N) is 1. The maximum atomic E-state index is 12.7. The van der Waals surface area contributed by atoms with Crippen molar-refractivity contribution < 1.29 is 14.3 Å². The van der Waals surface area contributed by atoms with Crippen LogP contribution in [0.15, 0.2) is 71.6 Å². The zero-order valence-corrected chi connectivity index (χ0v) is 17.4. The summed E-state index contributed by atoms with van der Waals surface area (Å²) in [7, 11) is 0. The number of rotatable bonds is 6. The lowest BCUT2D eigenvalue weighted by Crippen LogP contribution is -2.13. The van der Waals surface area contributed by atoms with E-state index in [1.165, 1.54) is 16.9 Å². The van der Waals surface area contributed by atoms with Crippen LogP contribution in [0.4, 0.5) is 5.82 Å². The number of nitrogens with zero attached hydrogens (tertiary/aromatic N) is 2. The number of hydrogen-bond acceptors (Lipinski definition) is 6. The van der Waals surface area contributed by atoms with Crippen LogP contribution in [0.1, 0.15) is 21.6 Å². The fourth-order valence-electron chi connectivity index (χ4n) is 3.37. The van der Waals surface area contributed by atoms with Crippen LogP contribution in [0, 0.1) is 0 Å². The molecule has 5 rings (SSSR count). The minimum Gasteiger partial charge on any atom is -0.493 e. The molecule has 0 saturated carbocycles. The molecule has 0 fully saturated rings. The lowest BCUT2D eigenvalue weighted by molar-refractivity contribution is 0.102. The molecule has 0 bridgehead atoms. The molecule has 2 aromatic heterocycles. The first kappa shape index (κ1) is 19.3. The summed E-state index contributed by atoms with van der Waals surface area (Å²) in [5, 5.41) is 4.81. The molecule has 1 amide bonds. The van der Waals surface area contributed by atoms with Crippen LogP contribution in [0.25, 0.3) is 11.3 Å². The number of benzene rings is 2. The Hall–Kier alpha value is -3.71. The summed E-state index contributed by atoms with van der Waals surface area (Å²) in [4.78, 5) is 21.4. The number of ether oxygens (including phenoxy) is 2. The highest BCUT2D eigenvalue weighted by Gasteiger charge is 2.14. The van der Waals surface area contributed by atoms with Crippen molar-refractivity contribution in [3.63, 3.8) is 0 Å². The third-order valence-electron chi connectivity index (χ3n) is 4.96. The second-order valence-electron chi connectivity index (χ2n) is 7.08. The number of aromatic nitrogens is 2. The average molecular weight is 430 g/mol. The Morgan fingerprint density at radius 3 is 2.87 bits per heavy atom. The monoisotopic (exact) mass is 429 g/mol. The van der Waals surface area contributed by atoms with Crippen molar-refractivity contribution in [1.29, 1.82) is 0 Å². The predicted molar refractivity (Wildman–Crippen MR) is 120 cm³/mol. The van der Waals surface area contributed by atoms with E-state index in [0.717, 1.165) is 35.7 Å². The highest BCUT2D eigenvalue weighted by Crippen LogP contribution is 2.30. The number of amides is 1. The van der Waals surface area contributed by atoms with Crippen molar-refractivity contribution in [1.82, 2.24) is 9.97 Å². The van der Waals surface area contributed by atoms with Crippen LogP contribution >= 0.6 is 11.3 Å². The maximum absolute atomic E-state index is 12.7. The van der Waals surface area contributed by atoms with E-state index < -0.39 is 0 Å². The Labute approximate surface area is 183 Å². The van der Waals surface area contributed by atoms with Gasteiger partial charge in [0, 0.05) is 22.9 Å². The van der Waals surface area contributed by atoms with Crippen LogP contribution in [0.2, 0.25) is 0 Å². The van der Waals surface area contributed by atoms with Crippen LogP contribution < -0.4 is 14.8 Å². The van der Waals surface area contributed by atoms with Crippen molar-refractivity contribution in [3.05, 3.63) is 88.4 Å². The minimum absolute atomic E-state index is 0.224. The standard InChI is InChI=1S/C24H19N3O3S/c28-24(16-4-7-20(8-5-16)30-13-19-14-31-15-25-19)27-23-3-1-2-21(26-23)17-6-9-22-18(12-17)10-11-29-22/h1-9,12,14-15H,10-11,13H2,(H,26,27,28). The number of thiazole rings is 1. The van der Waals surface area contributed by atoms with Gasteiger partial charge in [-0.1, -0.05) is 6.07 Å². The molecule has 1 aliphatic heterocycles. The summed E-state index contributed by atoms with van der Waals surface area (Å²) in [5.74, 6) is 1.90. The molecule has 1 N–H and O–H groups in total. The second kappa shape index (κ2) is 8.57. The van der Waals surface area contributed by atoms with Crippen molar-refractivity contribution in [2.24, 2.45) is 0 Å². The van der Waals surface area contributed by atoms with Crippen LogP contribution in [-0.4, -0.2) is 22.5 Å². The van der Waals surface area contributed by atoms with Crippen LogP contribution in [0.5, 0.6) is 11.5 Å². The first-order valence-electron chi connectivity index (χ1n) is 9.89. The Morgan fingerprint density at radius 1 is 1.13 bits per heavy atom. The van der Waals surface area contributed by atoms with Gasteiger partial charge in [0.05, 0.1) is 23.5 Å². The lowest BCUT2D eigenvalue weighted by Gasteiger charge is -2.09. The van der Waals surface area contributed by atoms with Gasteiger partial charge in [-0.15, -0.1) is 11.3 Å². The highest BCUT2D eigenvalue weighted by atomic mass is 32.1. The van der Waals surface area contributed by atoms with Crippen LogP contribution in [0.3, 0.4) is 0 Å². The zero-order valence-electron chi connectivity index (χ0n) is 16.6. The second-order valence-corrected chi connectivity index (χ2v) is 7.79. The fraction of sp³-hybridized carbons (Fsp3) is 0.125. The van der Waals surface area contributed by atoms with Gasteiger partial charge in [0.25, 0.3) is 5.91 Å². The zero-order chi connectivity index (χ0) is 21.0. The van der Waals surface area contributed by atoms with Gasteiger partial charge < -0.3 is 14.8 Å². The molecule has 0 saturated heterocycles. The van der Waals surface area contributed by atoms with Crippen molar-refractivity contribution in [3.8, 4) is 22.8 Å². The molecule has 154 valence electrons. The molecule has 4 aromatic rings. The normalized spacial score (nSPS) is 12.1. The number of anilines is 1. The average Bonchev–Trinajstić information content (AvgIpc) is 3.49. The van der Waals surface area contributed by atoms with E-state index in [1.54, 1.807) is 35.8 Å².